The Morgan fingerprint density at radius 2 is 1.70 bits per heavy atom. The zero-order valence-corrected chi connectivity index (χ0v) is 25.7. The van der Waals surface area contributed by atoms with Gasteiger partial charge in [-0.1, -0.05) is 0 Å². The van der Waals surface area contributed by atoms with Gasteiger partial charge in [-0.25, -0.2) is 0 Å². The summed E-state index contributed by atoms with van der Waals surface area (Å²) in [7, 11) is 6.64. The van der Waals surface area contributed by atoms with Crippen molar-refractivity contribution in [2.24, 2.45) is 17.6 Å². The summed E-state index contributed by atoms with van der Waals surface area (Å²) in [5, 5.41) is 51.7. The second-order valence-electron chi connectivity index (χ2n) is 13.2. The number of primary amides is 1. The van der Waals surface area contributed by atoms with Gasteiger partial charge in [0.15, 0.2) is 5.60 Å². The molecule has 0 unspecified atom stereocenters. The molecule has 0 aliphatic heterocycles. The molecular weight excluding hydrogens is 558 g/mol. The number of Topliss-reactive ketones (excluding diaryl/α,β-unsaturated/α-hetero) is 2. The van der Waals surface area contributed by atoms with Crippen molar-refractivity contribution < 1.29 is 39.6 Å². The number of carbonyl (C=O) groups is 4. The number of aliphatic hydroxyl groups is 3. The zero-order valence-electron chi connectivity index (χ0n) is 25.7. The monoisotopic (exact) mass is 599 g/mol. The highest BCUT2D eigenvalue weighted by atomic mass is 16.3. The highest BCUT2D eigenvalue weighted by Gasteiger charge is 2.68. The molecule has 0 spiro atoms. The molecule has 0 heterocycles. The minimum absolute atomic E-state index is 0.00796. The average Bonchev–Trinajstić information content (AvgIpc) is 2.88. The van der Waals surface area contributed by atoms with Crippen LogP contribution in [-0.4, -0.2) is 100 Å². The lowest BCUT2D eigenvalue weighted by Gasteiger charge is -2.55. The number of carbonyl (C=O) groups excluding carboxylic acids is 4. The summed E-state index contributed by atoms with van der Waals surface area (Å²) in [6.07, 6.45) is 0.0843. The zero-order chi connectivity index (χ0) is 32.6. The molecule has 3 aliphatic rings. The van der Waals surface area contributed by atoms with Gasteiger partial charge in [0.1, 0.15) is 22.8 Å². The van der Waals surface area contributed by atoms with E-state index in [-0.39, 0.29) is 41.7 Å². The number of hydrogen-bond acceptors (Lipinski definition) is 11. The van der Waals surface area contributed by atoms with Crippen LogP contribution in [-0.2, 0) is 25.6 Å². The van der Waals surface area contributed by atoms with Crippen LogP contribution in [0.5, 0.6) is 5.75 Å². The Morgan fingerprint density at radius 3 is 2.21 bits per heavy atom. The summed E-state index contributed by atoms with van der Waals surface area (Å²) >= 11 is 0. The van der Waals surface area contributed by atoms with Crippen molar-refractivity contribution in [3.63, 3.8) is 0 Å². The number of aromatic hydroxyl groups is 1. The van der Waals surface area contributed by atoms with Crippen LogP contribution in [0.4, 0.5) is 11.4 Å². The first-order valence-electron chi connectivity index (χ1n) is 14.0. The van der Waals surface area contributed by atoms with E-state index in [0.29, 0.717) is 11.3 Å². The number of nitrogens with zero attached hydrogens (tertiary/aromatic N) is 2. The van der Waals surface area contributed by atoms with E-state index in [1.807, 2.05) is 20.8 Å². The van der Waals surface area contributed by atoms with Crippen LogP contribution in [0.3, 0.4) is 0 Å². The quantitative estimate of drug-likeness (QED) is 0.138. The summed E-state index contributed by atoms with van der Waals surface area (Å²) in [5.74, 6) is -7.97. The predicted molar refractivity (Wildman–Crippen MR) is 160 cm³/mol. The van der Waals surface area contributed by atoms with E-state index in [9.17, 15) is 39.6 Å². The van der Waals surface area contributed by atoms with Crippen molar-refractivity contribution in [2.45, 2.75) is 57.2 Å². The van der Waals surface area contributed by atoms with Crippen LogP contribution in [0.25, 0.3) is 5.76 Å². The second-order valence-corrected chi connectivity index (χ2v) is 13.2. The lowest BCUT2D eigenvalue weighted by Crippen LogP contribution is -2.71. The molecule has 0 aromatic heterocycles. The number of hydrogen-bond donors (Lipinski definition) is 7. The van der Waals surface area contributed by atoms with Crippen LogP contribution < -0.4 is 21.3 Å². The van der Waals surface area contributed by atoms with E-state index in [2.05, 4.69) is 10.6 Å². The molecule has 1 aromatic rings. The Morgan fingerprint density at radius 1 is 1.09 bits per heavy atom. The number of aliphatic hydroxyl groups excluding tert-OH is 2. The van der Waals surface area contributed by atoms with Gasteiger partial charge in [0.2, 0.25) is 17.5 Å². The Hall–Kier alpha value is -3.94. The van der Waals surface area contributed by atoms with Crippen molar-refractivity contribution in [1.29, 1.82) is 0 Å². The molecule has 13 nitrogen and oxygen atoms in total. The summed E-state index contributed by atoms with van der Waals surface area (Å²) in [4.78, 5) is 56.0. The molecule has 0 radical (unpaired) electrons. The molecule has 0 saturated heterocycles. The highest BCUT2D eigenvalue weighted by molar-refractivity contribution is 6.33. The molecule has 0 bridgehead atoms. The number of likely N-dealkylation sites (N-methyl/N-ethyl adjacent to an activating group) is 1. The number of anilines is 2. The molecule has 1 aromatic carbocycles. The van der Waals surface area contributed by atoms with Crippen molar-refractivity contribution in [2.75, 3.05) is 45.0 Å². The lowest BCUT2D eigenvalue weighted by atomic mass is 9.53. The van der Waals surface area contributed by atoms with E-state index >= 15 is 0 Å². The standard InChI is InChI=1S/C30H41N5O8/c1-28(2,3)32-12-18(36)33-15-11-16(34(5)6)14-9-13-10-17-29(4,35(7)8)24(39)21(27(31)42)26(41)30(17,43)25(40)19(13)23(38)20(14)22(15)37/h11,13,17,32,37-39,43H,9-10,12H2,1-8H3,(H2,31,42)(H,33,36)/t13-,17-,29+,30-/m0/s1. The average molecular weight is 600 g/mol. The minimum Gasteiger partial charge on any atom is -0.509 e. The maximum atomic E-state index is 14.2. The van der Waals surface area contributed by atoms with Crippen LogP contribution in [0.1, 0.15) is 45.2 Å². The summed E-state index contributed by atoms with van der Waals surface area (Å²) in [5.41, 5.74) is 0.448. The maximum Gasteiger partial charge on any atom is 0.255 e. The second kappa shape index (κ2) is 10.4. The number of rotatable bonds is 6. The van der Waals surface area contributed by atoms with Gasteiger partial charge < -0.3 is 41.7 Å². The first-order chi connectivity index (χ1) is 19.7. The number of amides is 2. The van der Waals surface area contributed by atoms with Gasteiger partial charge >= 0.3 is 0 Å². The fourth-order valence-electron chi connectivity index (χ4n) is 6.55. The van der Waals surface area contributed by atoms with Gasteiger partial charge in [0.25, 0.3) is 5.91 Å². The van der Waals surface area contributed by atoms with Crippen molar-refractivity contribution in [1.82, 2.24) is 10.2 Å². The van der Waals surface area contributed by atoms with E-state index in [0.717, 1.165) is 0 Å². The van der Waals surface area contributed by atoms with Gasteiger partial charge in [0.05, 0.1) is 23.3 Å². The van der Waals surface area contributed by atoms with E-state index in [1.54, 1.807) is 39.2 Å². The van der Waals surface area contributed by atoms with Gasteiger partial charge in [-0.2, -0.15) is 0 Å². The molecular formula is C30H41N5O8. The molecule has 4 atom stereocenters. The Balaban J connectivity index is 1.91. The van der Waals surface area contributed by atoms with E-state index < -0.39 is 69.2 Å². The number of nitrogens with two attached hydrogens (primary N) is 1. The first kappa shape index (κ1) is 32.0. The van der Waals surface area contributed by atoms with Gasteiger partial charge in [-0.3, -0.25) is 24.1 Å². The fraction of sp³-hybridized carbons (Fsp3) is 0.533. The topological polar surface area (TPSA) is 206 Å². The Labute approximate surface area is 250 Å². The smallest absolute Gasteiger partial charge is 0.255 e. The third-order valence-electron chi connectivity index (χ3n) is 9.03. The van der Waals surface area contributed by atoms with Crippen LogP contribution in [0.15, 0.2) is 23.0 Å². The summed E-state index contributed by atoms with van der Waals surface area (Å²) in [6, 6.07) is 1.57. The lowest BCUT2D eigenvalue weighted by molar-refractivity contribution is -0.168. The Kier molecular flexibility index (Phi) is 7.70. The first-order valence-corrected chi connectivity index (χ1v) is 14.0. The van der Waals surface area contributed by atoms with Crippen molar-refractivity contribution >= 4 is 40.5 Å². The van der Waals surface area contributed by atoms with Crippen molar-refractivity contribution in [3.8, 4) is 5.75 Å². The van der Waals surface area contributed by atoms with Crippen LogP contribution in [0.2, 0.25) is 0 Å². The molecule has 43 heavy (non-hydrogen) atoms. The molecule has 8 N–H and O–H groups in total. The van der Waals surface area contributed by atoms with E-state index in [1.165, 1.54) is 11.8 Å². The molecule has 1 fully saturated rings. The largest absolute Gasteiger partial charge is 0.509 e. The van der Waals surface area contributed by atoms with Crippen LogP contribution in [0, 0.1) is 11.8 Å². The number of phenols is 1. The molecule has 3 aliphatic carbocycles. The summed E-state index contributed by atoms with van der Waals surface area (Å²) < 4.78 is 0. The third-order valence-corrected chi connectivity index (χ3v) is 9.03. The minimum atomic E-state index is -2.84. The number of nitrogens with one attached hydrogen (secondary N) is 2. The van der Waals surface area contributed by atoms with Gasteiger partial charge in [0, 0.05) is 36.8 Å². The predicted octanol–water partition coefficient (Wildman–Crippen LogP) is 0.747. The third kappa shape index (κ3) is 4.75. The molecule has 1 saturated carbocycles. The SMILES string of the molecule is CN(C)c1cc(NC(=O)CNC(C)(C)C)c(O)c2c1C[C@H]1C[C@@H]3[C@@](O)(C(=O)C(C(N)=O)=C(O)[C@]3(C)N(C)C)C(=O)C1=C2O. The summed E-state index contributed by atoms with van der Waals surface area (Å²) in [6.45, 7) is 7.12. The number of fused-ring (bicyclic) bond motifs is 3. The number of phenolic OH excluding ortho intramolecular Hbond substituents is 1. The number of benzene rings is 1. The molecule has 234 valence electrons. The van der Waals surface area contributed by atoms with Gasteiger partial charge in [-0.05, 0) is 72.2 Å². The van der Waals surface area contributed by atoms with Crippen LogP contribution >= 0.6 is 0 Å². The van der Waals surface area contributed by atoms with Crippen molar-refractivity contribution in [3.05, 3.63) is 34.1 Å². The molecule has 2 amide bonds. The number of ketones is 2. The maximum absolute atomic E-state index is 14.2. The molecule has 13 heteroatoms. The van der Waals surface area contributed by atoms with Gasteiger partial charge in [-0.15, -0.1) is 0 Å². The van der Waals surface area contributed by atoms with E-state index in [4.69, 9.17) is 5.73 Å². The molecule has 4 rings (SSSR count). The normalized spacial score (nSPS) is 27.1. The fourth-order valence-corrected chi connectivity index (χ4v) is 6.55. The highest BCUT2D eigenvalue weighted by Crippen LogP contribution is 2.56. The Bertz CT molecular complexity index is 1500.